The molecule has 0 amide bonds. The second-order valence-corrected chi connectivity index (χ2v) is 3.01. The van der Waals surface area contributed by atoms with E-state index in [9.17, 15) is 0 Å². The first-order valence-electron chi connectivity index (χ1n) is 5.05. The van der Waals surface area contributed by atoms with Gasteiger partial charge in [-0.2, -0.15) is 0 Å². The summed E-state index contributed by atoms with van der Waals surface area (Å²) in [5.74, 6) is 0. The maximum Gasteiger partial charge on any atom is 0.0919 e. The van der Waals surface area contributed by atoms with Gasteiger partial charge in [0.1, 0.15) is 0 Å². The second kappa shape index (κ2) is 8.68. The monoisotopic (exact) mass is 197 g/mol. The van der Waals surface area contributed by atoms with E-state index in [4.69, 9.17) is 0 Å². The zero-order valence-electron chi connectivity index (χ0n) is 8.42. The highest BCUT2D eigenvalue weighted by Crippen LogP contribution is 1.65. The molecule has 80 valence electrons. The molecule has 0 saturated carbocycles. The molecule has 0 unspecified atom stereocenters. The van der Waals surface area contributed by atoms with Crippen LogP contribution in [0.1, 0.15) is 0 Å². The number of hydrogen-bond acceptors (Lipinski definition) is 4. The van der Waals surface area contributed by atoms with Gasteiger partial charge in [-0.15, -0.1) is 0 Å². The number of rotatable bonds is 0. The Morgan fingerprint density at radius 3 is 1.50 bits per heavy atom. The highest BCUT2D eigenvalue weighted by atomic mass is 15.0. The van der Waals surface area contributed by atoms with Crippen LogP contribution in [0.3, 0.4) is 0 Å². The molecule has 0 aliphatic carbocycles. The molecule has 1 aromatic rings. The molecule has 0 spiro atoms. The summed E-state index contributed by atoms with van der Waals surface area (Å²) in [6.07, 6.45) is 5.08. The van der Waals surface area contributed by atoms with Crippen LogP contribution in [-0.2, 0) is 0 Å². The van der Waals surface area contributed by atoms with E-state index in [2.05, 4.69) is 25.9 Å². The van der Waals surface area contributed by atoms with Gasteiger partial charge in [0.15, 0.2) is 0 Å². The van der Waals surface area contributed by atoms with Crippen molar-refractivity contribution in [2.24, 2.45) is 0 Å². The van der Waals surface area contributed by atoms with Gasteiger partial charge in [-0.25, -0.2) is 4.98 Å². The Morgan fingerprint density at radius 2 is 1.29 bits per heavy atom. The van der Waals surface area contributed by atoms with E-state index in [0.717, 1.165) is 39.3 Å². The van der Waals surface area contributed by atoms with Crippen LogP contribution in [0.15, 0.2) is 18.7 Å². The van der Waals surface area contributed by atoms with E-state index in [1.807, 2.05) is 0 Å². The first kappa shape index (κ1) is 11.2. The third-order valence-corrected chi connectivity index (χ3v) is 1.84. The summed E-state index contributed by atoms with van der Waals surface area (Å²) in [7, 11) is 0. The lowest BCUT2D eigenvalue weighted by atomic mass is 10.6. The minimum absolute atomic E-state index is 1.10. The highest BCUT2D eigenvalue weighted by Gasteiger charge is 1.91. The van der Waals surface area contributed by atoms with Gasteiger partial charge < -0.3 is 20.9 Å². The fraction of sp³-hybridized carbons (Fsp3) is 0.667. The Kier molecular flexibility index (Phi) is 6.92. The molecule has 5 heteroatoms. The van der Waals surface area contributed by atoms with Crippen molar-refractivity contribution in [3.63, 3.8) is 0 Å². The molecular formula is C9H19N5. The van der Waals surface area contributed by atoms with Crippen LogP contribution < -0.4 is 16.0 Å². The first-order chi connectivity index (χ1) is 7.00. The molecule has 5 nitrogen and oxygen atoms in total. The van der Waals surface area contributed by atoms with E-state index in [1.54, 1.807) is 18.7 Å². The molecule has 0 aromatic carbocycles. The Balaban J connectivity index is 0.000000165. The molecule has 1 aliphatic rings. The summed E-state index contributed by atoms with van der Waals surface area (Å²) in [6, 6.07) is 0. The summed E-state index contributed by atoms with van der Waals surface area (Å²) in [5, 5.41) is 9.91. The van der Waals surface area contributed by atoms with Gasteiger partial charge in [-0.1, -0.05) is 0 Å². The third-order valence-electron chi connectivity index (χ3n) is 1.84. The van der Waals surface area contributed by atoms with Crippen molar-refractivity contribution in [1.29, 1.82) is 0 Å². The van der Waals surface area contributed by atoms with Crippen molar-refractivity contribution >= 4 is 0 Å². The quantitative estimate of drug-likeness (QED) is 0.439. The van der Waals surface area contributed by atoms with E-state index in [0.29, 0.717) is 0 Å². The van der Waals surface area contributed by atoms with Crippen LogP contribution in [-0.4, -0.2) is 49.2 Å². The van der Waals surface area contributed by atoms with Gasteiger partial charge in [-0.05, 0) is 0 Å². The molecule has 1 fully saturated rings. The Bertz CT molecular complexity index is 141. The lowest BCUT2D eigenvalue weighted by Crippen LogP contribution is -2.27. The Morgan fingerprint density at radius 1 is 0.786 bits per heavy atom. The maximum atomic E-state index is 3.67. The van der Waals surface area contributed by atoms with E-state index >= 15 is 0 Å². The van der Waals surface area contributed by atoms with Gasteiger partial charge in [0, 0.05) is 51.7 Å². The molecule has 4 N–H and O–H groups in total. The van der Waals surface area contributed by atoms with Gasteiger partial charge in [0.25, 0.3) is 0 Å². The summed E-state index contributed by atoms with van der Waals surface area (Å²) in [4.78, 5) is 6.42. The second-order valence-electron chi connectivity index (χ2n) is 3.01. The highest BCUT2D eigenvalue weighted by molar-refractivity contribution is 4.64. The predicted octanol–water partition coefficient (Wildman–Crippen LogP) is -0.821. The van der Waals surface area contributed by atoms with Crippen LogP contribution in [0.2, 0.25) is 0 Å². The number of aromatic amines is 1. The number of nitrogens with one attached hydrogen (secondary N) is 4. The van der Waals surface area contributed by atoms with Gasteiger partial charge in [0.05, 0.1) is 6.33 Å². The average Bonchev–Trinajstić information content (AvgIpc) is 2.82. The normalized spacial score (nSPS) is 18.3. The Labute approximate surface area is 84.7 Å². The van der Waals surface area contributed by atoms with Crippen molar-refractivity contribution in [2.45, 2.75) is 0 Å². The topological polar surface area (TPSA) is 64.8 Å². The molecular weight excluding hydrogens is 178 g/mol. The zero-order valence-corrected chi connectivity index (χ0v) is 8.42. The van der Waals surface area contributed by atoms with Gasteiger partial charge >= 0.3 is 0 Å². The minimum atomic E-state index is 1.10. The van der Waals surface area contributed by atoms with Crippen LogP contribution in [0, 0.1) is 0 Å². The van der Waals surface area contributed by atoms with Crippen molar-refractivity contribution < 1.29 is 0 Å². The van der Waals surface area contributed by atoms with Crippen LogP contribution in [0.5, 0.6) is 0 Å². The number of nitrogens with zero attached hydrogens (tertiary/aromatic N) is 1. The molecule has 2 rings (SSSR count). The molecule has 1 aromatic heterocycles. The third kappa shape index (κ3) is 6.59. The van der Waals surface area contributed by atoms with Crippen LogP contribution in [0.25, 0.3) is 0 Å². The zero-order chi connectivity index (χ0) is 9.90. The van der Waals surface area contributed by atoms with Crippen molar-refractivity contribution in [1.82, 2.24) is 25.9 Å². The molecule has 0 atom stereocenters. The molecule has 1 aliphatic heterocycles. The summed E-state index contributed by atoms with van der Waals surface area (Å²) < 4.78 is 0. The lowest BCUT2D eigenvalue weighted by Gasteiger charge is -1.99. The Hall–Kier alpha value is -0.910. The standard InChI is InChI=1S/C6H15N3.C3H4N2/c1-2-8-5-6-9-4-3-7-1;1-2-5-3-4-1/h7-9H,1-6H2;1-3H,(H,4,5). The molecule has 1 saturated heterocycles. The lowest BCUT2D eigenvalue weighted by molar-refractivity contribution is 0.652. The number of H-pyrrole nitrogens is 1. The number of hydrogen-bond donors (Lipinski definition) is 4. The SMILES string of the molecule is C1CNCCNCCN1.c1c[nH]cn1. The predicted molar refractivity (Wildman–Crippen MR) is 57.2 cm³/mol. The van der Waals surface area contributed by atoms with Crippen molar-refractivity contribution in [2.75, 3.05) is 39.3 Å². The molecule has 2 heterocycles. The maximum absolute atomic E-state index is 3.67. The van der Waals surface area contributed by atoms with Crippen molar-refractivity contribution in [3.8, 4) is 0 Å². The summed E-state index contributed by atoms with van der Waals surface area (Å²) in [6.45, 7) is 6.59. The average molecular weight is 197 g/mol. The summed E-state index contributed by atoms with van der Waals surface area (Å²) in [5.41, 5.74) is 0. The minimum Gasteiger partial charge on any atom is -0.351 e. The fourth-order valence-corrected chi connectivity index (χ4v) is 1.12. The van der Waals surface area contributed by atoms with Gasteiger partial charge in [0.2, 0.25) is 0 Å². The fourth-order valence-electron chi connectivity index (χ4n) is 1.12. The van der Waals surface area contributed by atoms with Crippen LogP contribution >= 0.6 is 0 Å². The summed E-state index contributed by atoms with van der Waals surface area (Å²) >= 11 is 0. The van der Waals surface area contributed by atoms with Gasteiger partial charge in [-0.3, -0.25) is 0 Å². The van der Waals surface area contributed by atoms with E-state index < -0.39 is 0 Å². The van der Waals surface area contributed by atoms with Crippen molar-refractivity contribution in [3.05, 3.63) is 18.7 Å². The largest absolute Gasteiger partial charge is 0.351 e. The smallest absolute Gasteiger partial charge is 0.0919 e. The van der Waals surface area contributed by atoms with E-state index in [-0.39, 0.29) is 0 Å². The number of aromatic nitrogens is 2. The molecule has 14 heavy (non-hydrogen) atoms. The number of imidazole rings is 1. The molecule has 0 bridgehead atoms. The van der Waals surface area contributed by atoms with E-state index in [1.165, 1.54) is 0 Å². The van der Waals surface area contributed by atoms with Crippen LogP contribution in [0.4, 0.5) is 0 Å². The first-order valence-corrected chi connectivity index (χ1v) is 5.05. The molecule has 0 radical (unpaired) electrons.